The first-order valence-corrected chi connectivity index (χ1v) is 14.6. The number of para-hydroxylation sites is 2. The Balaban J connectivity index is 1.19. The molecule has 0 aliphatic rings. The lowest BCUT2D eigenvalue weighted by atomic mass is 10.2. The van der Waals surface area contributed by atoms with Gasteiger partial charge in [0, 0.05) is 39.3 Å². The molecule has 0 aliphatic carbocycles. The second-order valence-electron chi connectivity index (χ2n) is 9.70. The number of nitrogens with one attached hydrogen (secondary N) is 2. The molecule has 0 saturated carbocycles. The maximum absolute atomic E-state index is 13.5. The summed E-state index contributed by atoms with van der Waals surface area (Å²) in [5, 5.41) is 7.68. The summed E-state index contributed by atoms with van der Waals surface area (Å²) in [7, 11) is 0. The smallest absolute Gasteiger partial charge is 0.272 e. The molecule has 2 N–H and O–H groups in total. The van der Waals surface area contributed by atoms with E-state index in [0.29, 0.717) is 16.8 Å². The number of benzene rings is 4. The van der Waals surface area contributed by atoms with Crippen LogP contribution in [0.3, 0.4) is 0 Å². The zero-order valence-electron chi connectivity index (χ0n) is 22.9. The predicted molar refractivity (Wildman–Crippen MR) is 172 cm³/mol. The van der Waals surface area contributed by atoms with E-state index in [-0.39, 0.29) is 17.4 Å². The van der Waals surface area contributed by atoms with E-state index in [1.54, 1.807) is 65.5 Å². The van der Waals surface area contributed by atoms with Crippen LogP contribution in [0.1, 0.15) is 20.7 Å². The first-order valence-electron chi connectivity index (χ1n) is 13.6. The van der Waals surface area contributed by atoms with E-state index in [4.69, 9.17) is 0 Å². The maximum Gasteiger partial charge on any atom is 0.272 e. The van der Waals surface area contributed by atoms with E-state index in [1.165, 1.54) is 11.8 Å². The Kier molecular flexibility index (Phi) is 8.10. The van der Waals surface area contributed by atoms with Crippen LogP contribution in [0.15, 0.2) is 138 Å². The lowest BCUT2D eigenvalue weighted by molar-refractivity contribution is -0.113. The van der Waals surface area contributed by atoms with Gasteiger partial charge in [0.1, 0.15) is 5.70 Å². The van der Waals surface area contributed by atoms with Crippen molar-refractivity contribution in [2.24, 2.45) is 0 Å². The van der Waals surface area contributed by atoms with Crippen molar-refractivity contribution in [3.05, 3.63) is 144 Å². The van der Waals surface area contributed by atoms with Crippen molar-refractivity contribution in [1.29, 1.82) is 0 Å². The molecule has 0 aliphatic heterocycles. The Bertz CT molecular complexity index is 1930. The van der Waals surface area contributed by atoms with E-state index >= 15 is 0 Å². The van der Waals surface area contributed by atoms with Crippen LogP contribution in [0.2, 0.25) is 0 Å². The van der Waals surface area contributed by atoms with Gasteiger partial charge in [-0.05, 0) is 60.2 Å². The van der Waals surface area contributed by atoms with Crippen molar-refractivity contribution in [2.45, 2.75) is 4.90 Å². The number of hydrogen-bond acceptors (Lipinski definition) is 5. The van der Waals surface area contributed by atoms with E-state index < -0.39 is 11.8 Å². The SMILES string of the molecule is O=C(Nc1cccc(SCC(=O)n2c3ccccc3c3ccccc32)c1)/C(=C\c1cccnc1)NC(=O)c1ccccc1. The first-order chi connectivity index (χ1) is 21.1. The van der Waals surface area contributed by atoms with Crippen LogP contribution in [0.4, 0.5) is 5.69 Å². The Morgan fingerprint density at radius 3 is 2.16 bits per heavy atom. The van der Waals surface area contributed by atoms with Gasteiger partial charge in [0.15, 0.2) is 0 Å². The minimum atomic E-state index is -0.489. The predicted octanol–water partition coefficient (Wildman–Crippen LogP) is 7.03. The largest absolute Gasteiger partial charge is 0.321 e. The van der Waals surface area contributed by atoms with E-state index in [2.05, 4.69) is 15.6 Å². The molecule has 2 aromatic heterocycles. The van der Waals surface area contributed by atoms with Crippen LogP contribution in [0.25, 0.3) is 27.9 Å². The topological polar surface area (TPSA) is 93.1 Å². The average molecular weight is 583 g/mol. The van der Waals surface area contributed by atoms with Gasteiger partial charge < -0.3 is 10.6 Å². The van der Waals surface area contributed by atoms with Crippen LogP contribution in [-0.4, -0.2) is 33.0 Å². The number of amides is 2. The Morgan fingerprint density at radius 1 is 0.767 bits per heavy atom. The van der Waals surface area contributed by atoms with Gasteiger partial charge in [-0.15, -0.1) is 11.8 Å². The first kappa shape index (κ1) is 27.7. The molecule has 0 fully saturated rings. The van der Waals surface area contributed by atoms with Crippen LogP contribution in [0, 0.1) is 0 Å². The summed E-state index contributed by atoms with van der Waals surface area (Å²) in [6, 6.07) is 35.3. The van der Waals surface area contributed by atoms with Crippen LogP contribution < -0.4 is 10.6 Å². The van der Waals surface area contributed by atoms with Gasteiger partial charge in [-0.1, -0.05) is 66.7 Å². The summed E-state index contributed by atoms with van der Waals surface area (Å²) in [5.74, 6) is -0.725. The molecular formula is C35H26N4O3S. The summed E-state index contributed by atoms with van der Waals surface area (Å²) in [4.78, 5) is 44.7. The highest BCUT2D eigenvalue weighted by atomic mass is 32.2. The summed E-state index contributed by atoms with van der Waals surface area (Å²) < 4.78 is 1.77. The number of thioether (sulfide) groups is 1. The molecule has 0 unspecified atom stereocenters. The number of pyridine rings is 1. The fraction of sp³-hybridized carbons (Fsp3) is 0.0286. The Morgan fingerprint density at radius 2 is 1.47 bits per heavy atom. The highest BCUT2D eigenvalue weighted by Crippen LogP contribution is 2.30. The van der Waals surface area contributed by atoms with Gasteiger partial charge >= 0.3 is 0 Å². The van der Waals surface area contributed by atoms with Crippen molar-refractivity contribution in [1.82, 2.24) is 14.9 Å². The maximum atomic E-state index is 13.5. The molecule has 2 heterocycles. The van der Waals surface area contributed by atoms with Crippen LogP contribution in [-0.2, 0) is 4.79 Å². The molecule has 8 heteroatoms. The summed E-state index contributed by atoms with van der Waals surface area (Å²) in [5.41, 5.74) is 3.45. The number of nitrogens with zero attached hydrogens (tertiary/aromatic N) is 2. The fourth-order valence-corrected chi connectivity index (χ4v) is 5.64. The van der Waals surface area contributed by atoms with Gasteiger partial charge in [-0.2, -0.15) is 0 Å². The van der Waals surface area contributed by atoms with Crippen molar-refractivity contribution < 1.29 is 14.4 Å². The molecule has 0 spiro atoms. The number of aromatic nitrogens is 2. The number of hydrogen-bond donors (Lipinski definition) is 2. The molecule has 6 aromatic rings. The highest BCUT2D eigenvalue weighted by Gasteiger charge is 2.17. The Labute approximate surface area is 252 Å². The quantitative estimate of drug-likeness (QED) is 0.148. The molecule has 210 valence electrons. The van der Waals surface area contributed by atoms with E-state index in [9.17, 15) is 14.4 Å². The average Bonchev–Trinajstić information content (AvgIpc) is 3.39. The number of anilines is 1. The normalized spacial score (nSPS) is 11.4. The number of carbonyl (C=O) groups excluding carboxylic acids is 3. The molecule has 0 bridgehead atoms. The molecule has 7 nitrogen and oxygen atoms in total. The van der Waals surface area contributed by atoms with Crippen LogP contribution >= 0.6 is 11.8 Å². The third-order valence-corrected chi connectivity index (χ3v) is 7.79. The Hall–Kier alpha value is -5.47. The van der Waals surface area contributed by atoms with E-state index in [0.717, 1.165) is 26.7 Å². The fourth-order valence-electron chi connectivity index (χ4n) is 4.83. The third kappa shape index (κ3) is 6.24. The molecule has 4 aromatic carbocycles. The lowest BCUT2D eigenvalue weighted by Crippen LogP contribution is -2.30. The third-order valence-electron chi connectivity index (χ3n) is 6.81. The zero-order valence-corrected chi connectivity index (χ0v) is 23.8. The number of fused-ring (bicyclic) bond motifs is 3. The van der Waals surface area contributed by atoms with Gasteiger partial charge in [-0.3, -0.25) is 23.9 Å². The summed E-state index contributed by atoms with van der Waals surface area (Å²) in [6.07, 6.45) is 4.81. The van der Waals surface area contributed by atoms with Gasteiger partial charge in [0.2, 0.25) is 5.91 Å². The van der Waals surface area contributed by atoms with Crippen molar-refractivity contribution >= 4 is 63.1 Å². The standard InChI is InChI=1S/C35H26N4O3S/c40-33(39-31-17-6-4-15-28(31)29-16-5-7-18-32(29)39)23-43-27-14-8-13-26(21-27)37-35(42)30(20-24-10-9-19-36-22-24)38-34(41)25-11-2-1-3-12-25/h1-22H,23H2,(H,37,42)(H,38,41)/b30-20+. The molecule has 0 atom stereocenters. The molecule has 6 rings (SSSR count). The van der Waals surface area contributed by atoms with Gasteiger partial charge in [0.25, 0.3) is 11.8 Å². The zero-order chi connectivity index (χ0) is 29.6. The number of carbonyl (C=O) groups is 3. The molecule has 0 saturated heterocycles. The number of rotatable bonds is 8. The van der Waals surface area contributed by atoms with Crippen LogP contribution in [0.5, 0.6) is 0 Å². The summed E-state index contributed by atoms with van der Waals surface area (Å²) >= 11 is 1.39. The van der Waals surface area contributed by atoms with E-state index in [1.807, 2.05) is 72.8 Å². The second-order valence-corrected chi connectivity index (χ2v) is 10.7. The highest BCUT2D eigenvalue weighted by molar-refractivity contribution is 8.00. The molecular weight excluding hydrogens is 556 g/mol. The molecule has 43 heavy (non-hydrogen) atoms. The molecule has 0 radical (unpaired) electrons. The monoisotopic (exact) mass is 582 g/mol. The van der Waals surface area contributed by atoms with Crippen molar-refractivity contribution in [3.8, 4) is 0 Å². The van der Waals surface area contributed by atoms with Crippen molar-refractivity contribution in [2.75, 3.05) is 11.1 Å². The molecule has 2 amide bonds. The second kappa shape index (κ2) is 12.6. The summed E-state index contributed by atoms with van der Waals surface area (Å²) in [6.45, 7) is 0. The van der Waals surface area contributed by atoms with Gasteiger partial charge in [0.05, 0.1) is 16.8 Å². The van der Waals surface area contributed by atoms with Gasteiger partial charge in [-0.25, -0.2) is 0 Å². The minimum absolute atomic E-state index is 0.0397. The minimum Gasteiger partial charge on any atom is -0.321 e. The van der Waals surface area contributed by atoms with Crippen molar-refractivity contribution in [3.63, 3.8) is 0 Å². The lowest BCUT2D eigenvalue weighted by Gasteiger charge is -2.12.